The van der Waals surface area contributed by atoms with Crippen LogP contribution in [0.4, 0.5) is 5.95 Å². The minimum Gasteiger partial charge on any atom is -0.466 e. The second-order valence-corrected chi connectivity index (χ2v) is 7.59. The number of carbonyl (C=O) groups excluding carboxylic acids is 1. The Hall–Kier alpha value is -2.80. The molecular formula is C21H22N4O2S. The molecule has 6 nitrogen and oxygen atoms in total. The molecule has 4 heterocycles. The predicted octanol–water partition coefficient (Wildman–Crippen LogP) is 4.05. The number of ether oxygens (including phenoxy) is 1. The van der Waals surface area contributed by atoms with E-state index in [2.05, 4.69) is 20.9 Å². The second kappa shape index (κ2) is 8.48. The number of piperidine rings is 1. The highest BCUT2D eigenvalue weighted by atomic mass is 32.1. The minimum atomic E-state index is -0.0900. The van der Waals surface area contributed by atoms with E-state index in [1.807, 2.05) is 42.8 Å². The van der Waals surface area contributed by atoms with E-state index in [0.717, 1.165) is 47.8 Å². The van der Waals surface area contributed by atoms with E-state index >= 15 is 0 Å². The summed E-state index contributed by atoms with van der Waals surface area (Å²) in [6.45, 7) is 3.77. The zero-order valence-corrected chi connectivity index (χ0v) is 16.6. The molecule has 28 heavy (non-hydrogen) atoms. The Labute approximate surface area is 168 Å². The molecule has 1 saturated heterocycles. The largest absolute Gasteiger partial charge is 0.466 e. The van der Waals surface area contributed by atoms with Gasteiger partial charge in [-0.15, -0.1) is 11.3 Å². The lowest BCUT2D eigenvalue weighted by Gasteiger charge is -2.31. The highest BCUT2D eigenvalue weighted by Crippen LogP contribution is 2.33. The van der Waals surface area contributed by atoms with Crippen LogP contribution < -0.4 is 4.90 Å². The maximum absolute atomic E-state index is 12.0. The number of thiophene rings is 1. The molecule has 0 saturated carbocycles. The molecule has 1 aliphatic rings. The number of aromatic nitrogens is 3. The first-order valence-electron chi connectivity index (χ1n) is 9.50. The molecule has 4 rings (SSSR count). The summed E-state index contributed by atoms with van der Waals surface area (Å²) in [6.07, 6.45) is 5.16. The fraction of sp³-hybridized carbons (Fsp3) is 0.333. The van der Waals surface area contributed by atoms with Gasteiger partial charge in [0.05, 0.1) is 28.8 Å². The molecule has 0 N–H and O–H groups in total. The summed E-state index contributed by atoms with van der Waals surface area (Å²) < 4.78 is 5.16. The van der Waals surface area contributed by atoms with Gasteiger partial charge in [0.1, 0.15) is 0 Å². The summed E-state index contributed by atoms with van der Waals surface area (Å²) in [5.41, 5.74) is 2.68. The molecule has 0 amide bonds. The van der Waals surface area contributed by atoms with Gasteiger partial charge in [0, 0.05) is 31.0 Å². The van der Waals surface area contributed by atoms with Crippen molar-refractivity contribution < 1.29 is 9.53 Å². The van der Waals surface area contributed by atoms with Gasteiger partial charge in [-0.3, -0.25) is 9.78 Å². The zero-order valence-electron chi connectivity index (χ0n) is 15.7. The second-order valence-electron chi connectivity index (χ2n) is 6.64. The fourth-order valence-corrected chi connectivity index (χ4v) is 4.14. The Bertz CT molecular complexity index is 923. The van der Waals surface area contributed by atoms with Crippen molar-refractivity contribution in [2.45, 2.75) is 19.8 Å². The van der Waals surface area contributed by atoms with Crippen LogP contribution in [0.25, 0.3) is 21.8 Å². The normalized spacial score (nSPS) is 14.8. The van der Waals surface area contributed by atoms with Crippen molar-refractivity contribution in [3.05, 3.63) is 48.1 Å². The first-order valence-corrected chi connectivity index (χ1v) is 10.4. The van der Waals surface area contributed by atoms with E-state index in [-0.39, 0.29) is 11.9 Å². The van der Waals surface area contributed by atoms with Crippen LogP contribution in [0.15, 0.2) is 48.1 Å². The number of anilines is 1. The van der Waals surface area contributed by atoms with Crippen LogP contribution in [0, 0.1) is 5.92 Å². The van der Waals surface area contributed by atoms with Crippen LogP contribution in [-0.4, -0.2) is 40.6 Å². The van der Waals surface area contributed by atoms with Gasteiger partial charge in [-0.05, 0) is 43.3 Å². The van der Waals surface area contributed by atoms with Crippen LogP contribution in [0.1, 0.15) is 19.8 Å². The molecular weight excluding hydrogens is 372 g/mol. The molecule has 0 atom stereocenters. The molecule has 1 fully saturated rings. The Balaban J connectivity index is 1.60. The van der Waals surface area contributed by atoms with Crippen molar-refractivity contribution in [3.8, 4) is 21.8 Å². The summed E-state index contributed by atoms with van der Waals surface area (Å²) in [7, 11) is 0. The molecule has 0 aliphatic carbocycles. The third kappa shape index (κ3) is 3.89. The SMILES string of the molecule is CCOC(=O)C1CCN(c2ncc(-c3ccccn3)c(-c3cccs3)n2)CC1. The van der Waals surface area contributed by atoms with Gasteiger partial charge in [0.25, 0.3) is 0 Å². The summed E-state index contributed by atoms with van der Waals surface area (Å²) >= 11 is 1.65. The van der Waals surface area contributed by atoms with Crippen molar-refractivity contribution in [2.24, 2.45) is 5.92 Å². The van der Waals surface area contributed by atoms with E-state index in [1.165, 1.54) is 0 Å². The van der Waals surface area contributed by atoms with Crippen molar-refractivity contribution >= 4 is 23.3 Å². The Morgan fingerprint density at radius 3 is 2.75 bits per heavy atom. The summed E-state index contributed by atoms with van der Waals surface area (Å²) in [5, 5.41) is 2.05. The summed E-state index contributed by atoms with van der Waals surface area (Å²) in [4.78, 5) is 29.2. The Kier molecular flexibility index (Phi) is 5.62. The monoisotopic (exact) mass is 394 g/mol. The van der Waals surface area contributed by atoms with E-state index in [9.17, 15) is 4.79 Å². The topological polar surface area (TPSA) is 68.2 Å². The average Bonchev–Trinajstić information content (AvgIpc) is 3.29. The molecule has 0 bridgehead atoms. The number of carbonyl (C=O) groups is 1. The number of hydrogen-bond acceptors (Lipinski definition) is 7. The smallest absolute Gasteiger partial charge is 0.309 e. The first-order chi connectivity index (χ1) is 13.8. The van der Waals surface area contributed by atoms with Crippen LogP contribution in [0.3, 0.4) is 0 Å². The van der Waals surface area contributed by atoms with Crippen molar-refractivity contribution in [1.82, 2.24) is 15.0 Å². The third-order valence-corrected chi connectivity index (χ3v) is 5.75. The Morgan fingerprint density at radius 2 is 2.07 bits per heavy atom. The minimum absolute atomic E-state index is 0.0271. The quantitative estimate of drug-likeness (QED) is 0.608. The Morgan fingerprint density at radius 1 is 1.21 bits per heavy atom. The maximum Gasteiger partial charge on any atom is 0.309 e. The lowest BCUT2D eigenvalue weighted by molar-refractivity contribution is -0.148. The first kappa shape index (κ1) is 18.6. The van der Waals surface area contributed by atoms with Gasteiger partial charge >= 0.3 is 5.97 Å². The number of pyridine rings is 1. The van der Waals surface area contributed by atoms with Crippen LogP contribution in [0.2, 0.25) is 0 Å². The van der Waals surface area contributed by atoms with Crippen molar-refractivity contribution in [1.29, 1.82) is 0 Å². The van der Waals surface area contributed by atoms with Crippen LogP contribution >= 0.6 is 11.3 Å². The van der Waals surface area contributed by atoms with Crippen LogP contribution in [0.5, 0.6) is 0 Å². The standard InChI is InChI=1S/C21H22N4O2S/c1-2-27-20(26)15-8-11-25(12-9-15)21-23-14-16(17-6-3-4-10-22-17)19(24-21)18-7-5-13-28-18/h3-7,10,13-15H,2,8-9,11-12H2,1H3. The summed E-state index contributed by atoms with van der Waals surface area (Å²) in [5.74, 6) is 0.582. The molecule has 0 spiro atoms. The predicted molar refractivity (Wildman–Crippen MR) is 110 cm³/mol. The third-order valence-electron chi connectivity index (χ3n) is 4.87. The molecule has 0 aromatic carbocycles. The van der Waals surface area contributed by atoms with Gasteiger partial charge in [-0.25, -0.2) is 9.97 Å². The van der Waals surface area contributed by atoms with E-state index in [1.54, 1.807) is 17.5 Å². The lowest BCUT2D eigenvalue weighted by Crippen LogP contribution is -2.38. The van der Waals surface area contributed by atoms with E-state index in [4.69, 9.17) is 9.72 Å². The molecule has 7 heteroatoms. The van der Waals surface area contributed by atoms with E-state index in [0.29, 0.717) is 12.6 Å². The van der Waals surface area contributed by atoms with Crippen molar-refractivity contribution in [3.63, 3.8) is 0 Å². The number of nitrogens with zero attached hydrogens (tertiary/aromatic N) is 4. The molecule has 3 aromatic rings. The van der Waals surface area contributed by atoms with Crippen molar-refractivity contribution in [2.75, 3.05) is 24.6 Å². The van der Waals surface area contributed by atoms with Gasteiger partial charge in [0.15, 0.2) is 0 Å². The molecule has 144 valence electrons. The molecule has 0 unspecified atom stereocenters. The zero-order chi connectivity index (χ0) is 19.3. The number of hydrogen-bond donors (Lipinski definition) is 0. The number of esters is 1. The van der Waals surface area contributed by atoms with Gasteiger partial charge in [-0.2, -0.15) is 0 Å². The van der Waals surface area contributed by atoms with Crippen LogP contribution in [-0.2, 0) is 9.53 Å². The highest BCUT2D eigenvalue weighted by molar-refractivity contribution is 7.13. The average molecular weight is 395 g/mol. The summed E-state index contributed by atoms with van der Waals surface area (Å²) in [6, 6.07) is 9.93. The molecule has 0 radical (unpaired) electrons. The molecule has 1 aliphatic heterocycles. The van der Waals surface area contributed by atoms with Gasteiger partial charge in [0.2, 0.25) is 5.95 Å². The van der Waals surface area contributed by atoms with Gasteiger partial charge < -0.3 is 9.64 Å². The highest BCUT2D eigenvalue weighted by Gasteiger charge is 2.27. The number of rotatable bonds is 5. The fourth-order valence-electron chi connectivity index (χ4n) is 3.41. The maximum atomic E-state index is 12.0. The lowest BCUT2D eigenvalue weighted by atomic mass is 9.97. The molecule has 3 aromatic heterocycles. The van der Waals surface area contributed by atoms with Gasteiger partial charge in [-0.1, -0.05) is 12.1 Å². The van der Waals surface area contributed by atoms with E-state index < -0.39 is 0 Å².